The first-order valence-corrected chi connectivity index (χ1v) is 12.0. The first-order valence-electron chi connectivity index (χ1n) is 12.0. The summed E-state index contributed by atoms with van der Waals surface area (Å²) in [6.07, 6.45) is 0.983. The van der Waals surface area contributed by atoms with E-state index in [0.717, 1.165) is 28.6 Å². The second-order valence-electron chi connectivity index (χ2n) is 9.86. The summed E-state index contributed by atoms with van der Waals surface area (Å²) >= 11 is 0. The zero-order chi connectivity index (χ0) is 26.0. The molecule has 9 heteroatoms. The average Bonchev–Trinajstić information content (AvgIpc) is 3.14. The van der Waals surface area contributed by atoms with Crippen LogP contribution in [0.5, 0.6) is 5.75 Å². The van der Waals surface area contributed by atoms with E-state index in [1.807, 2.05) is 36.1 Å². The topological polar surface area (TPSA) is 74.8 Å². The van der Waals surface area contributed by atoms with E-state index >= 15 is 8.78 Å². The zero-order valence-electron chi connectivity index (χ0n) is 20.6. The molecule has 3 aromatic rings. The van der Waals surface area contributed by atoms with Crippen molar-refractivity contribution in [3.63, 3.8) is 0 Å². The first-order chi connectivity index (χ1) is 17.0. The monoisotopic (exact) mass is 504 g/mol. The summed E-state index contributed by atoms with van der Waals surface area (Å²) in [5, 5.41) is 9.57. The van der Waals surface area contributed by atoms with Crippen LogP contribution >= 0.6 is 0 Å². The number of rotatable bonds is 10. The number of alkyl halides is 1. The Morgan fingerprint density at radius 1 is 1.19 bits per heavy atom. The number of H-pyrrole nitrogens is 1. The van der Waals surface area contributed by atoms with Crippen LogP contribution in [0.2, 0.25) is 0 Å². The second-order valence-corrected chi connectivity index (χ2v) is 9.86. The third-order valence-electron chi connectivity index (χ3n) is 6.33. The lowest BCUT2D eigenvalue weighted by Gasteiger charge is -2.43. The van der Waals surface area contributed by atoms with Gasteiger partial charge in [0.1, 0.15) is 29.7 Å². The number of hydrogen-bond acceptors (Lipinski definition) is 4. The van der Waals surface area contributed by atoms with Crippen LogP contribution in [0.3, 0.4) is 0 Å². The molecule has 6 nitrogen and oxygen atoms in total. The van der Waals surface area contributed by atoms with E-state index < -0.39 is 35.9 Å². The Bertz CT molecular complexity index is 1210. The predicted molar refractivity (Wildman–Crippen MR) is 130 cm³/mol. The minimum absolute atomic E-state index is 0.00110. The molecule has 0 saturated carbocycles. The quantitative estimate of drug-likeness (QED) is 0.362. The van der Waals surface area contributed by atoms with Crippen molar-refractivity contribution in [1.29, 1.82) is 0 Å². The van der Waals surface area contributed by atoms with Gasteiger partial charge in [-0.25, -0.2) is 18.0 Å². The third kappa shape index (κ3) is 5.68. The van der Waals surface area contributed by atoms with Gasteiger partial charge >= 0.3 is 5.97 Å². The maximum Gasteiger partial charge on any atom is 0.329 e. The second kappa shape index (κ2) is 10.5. The van der Waals surface area contributed by atoms with Gasteiger partial charge in [0.25, 0.3) is 0 Å². The number of nitrogens with zero attached hydrogens (tertiary/aromatic N) is 1. The number of ether oxygens (including phenoxy) is 2. The number of nitrogens with one attached hydrogen (secondary N) is 1. The Labute approximate surface area is 208 Å². The lowest BCUT2D eigenvalue weighted by atomic mass is 9.87. The Balaban J connectivity index is 1.66. The van der Waals surface area contributed by atoms with Gasteiger partial charge in [-0.05, 0) is 38.8 Å². The van der Waals surface area contributed by atoms with Gasteiger partial charge < -0.3 is 19.6 Å². The van der Waals surface area contributed by atoms with Gasteiger partial charge in [-0.2, -0.15) is 0 Å². The van der Waals surface area contributed by atoms with Crippen LogP contribution in [-0.2, 0) is 16.0 Å². The van der Waals surface area contributed by atoms with E-state index in [9.17, 15) is 9.18 Å². The molecule has 0 unspecified atom stereocenters. The summed E-state index contributed by atoms with van der Waals surface area (Å²) in [6, 6.07) is 8.99. The molecule has 2 aromatic carbocycles. The minimum atomic E-state index is -1.57. The highest BCUT2D eigenvalue weighted by atomic mass is 19.1. The predicted octanol–water partition coefficient (Wildman–Crippen LogP) is 5.40. The molecule has 0 amide bonds. The summed E-state index contributed by atoms with van der Waals surface area (Å²) < 4.78 is 56.4. The number of aromatic nitrogens is 1. The van der Waals surface area contributed by atoms with Crippen LogP contribution in [0.1, 0.15) is 50.1 Å². The summed E-state index contributed by atoms with van der Waals surface area (Å²) in [7, 11) is 0. The highest BCUT2D eigenvalue weighted by Crippen LogP contribution is 2.43. The standard InChI is InChI=1S/C27H31F3N2O4/c1-16-11-19-18-7-4-5-8-22(18)31-25(19)26(32(16)15-27(2,3)30)24-20(28)12-17(13-21(24)29)36-10-6-9-35-14-23(33)34/h4-5,7-8,12-13,16,26,31H,6,9-11,14-15H2,1-3H3,(H,33,34)/t16-,26-/m1/s1. The molecule has 2 atom stereocenters. The van der Waals surface area contributed by atoms with E-state index in [1.165, 1.54) is 13.8 Å². The van der Waals surface area contributed by atoms with Gasteiger partial charge in [0.05, 0.1) is 19.3 Å². The maximum absolute atomic E-state index is 15.6. The molecular weight excluding hydrogens is 473 g/mol. The number of fused-ring (bicyclic) bond motifs is 3. The van der Waals surface area contributed by atoms with Crippen LogP contribution in [0, 0.1) is 11.6 Å². The molecule has 2 heterocycles. The molecule has 1 aromatic heterocycles. The Hall–Kier alpha value is -3.04. The Morgan fingerprint density at radius 2 is 1.89 bits per heavy atom. The Morgan fingerprint density at radius 3 is 2.56 bits per heavy atom. The zero-order valence-corrected chi connectivity index (χ0v) is 20.6. The van der Waals surface area contributed by atoms with Gasteiger partial charge in [0, 0.05) is 53.3 Å². The van der Waals surface area contributed by atoms with Crippen molar-refractivity contribution >= 4 is 16.9 Å². The number of benzene rings is 2. The molecule has 2 N–H and O–H groups in total. The van der Waals surface area contributed by atoms with Crippen LogP contribution in [0.15, 0.2) is 36.4 Å². The molecule has 194 valence electrons. The van der Waals surface area contributed by atoms with E-state index in [-0.39, 0.29) is 37.1 Å². The van der Waals surface area contributed by atoms with E-state index in [1.54, 1.807) is 0 Å². The molecule has 0 aliphatic carbocycles. The number of carbonyl (C=O) groups is 1. The third-order valence-corrected chi connectivity index (χ3v) is 6.33. The minimum Gasteiger partial charge on any atom is -0.493 e. The molecule has 0 spiro atoms. The van der Waals surface area contributed by atoms with E-state index in [0.29, 0.717) is 18.5 Å². The summed E-state index contributed by atoms with van der Waals surface area (Å²) in [4.78, 5) is 15.6. The fourth-order valence-electron chi connectivity index (χ4n) is 4.91. The van der Waals surface area contributed by atoms with Gasteiger partial charge in [-0.3, -0.25) is 4.90 Å². The fourth-order valence-corrected chi connectivity index (χ4v) is 4.91. The number of carboxylic acids is 1. The number of para-hydroxylation sites is 1. The molecule has 0 bridgehead atoms. The van der Waals surface area contributed by atoms with Gasteiger partial charge in [0.2, 0.25) is 0 Å². The molecule has 4 rings (SSSR count). The average molecular weight is 505 g/mol. The smallest absolute Gasteiger partial charge is 0.329 e. The summed E-state index contributed by atoms with van der Waals surface area (Å²) in [5.41, 5.74) is 0.786. The van der Waals surface area contributed by atoms with Crippen molar-refractivity contribution in [2.24, 2.45) is 0 Å². The molecule has 0 fully saturated rings. The molecule has 0 radical (unpaired) electrons. The normalized spacial score (nSPS) is 18.4. The summed E-state index contributed by atoms with van der Waals surface area (Å²) in [5.74, 6) is -2.61. The van der Waals surface area contributed by atoms with Crippen molar-refractivity contribution in [2.75, 3.05) is 26.4 Å². The first kappa shape index (κ1) is 26.0. The van der Waals surface area contributed by atoms with Crippen molar-refractivity contribution < 1.29 is 32.5 Å². The number of aromatic amines is 1. The SMILES string of the molecule is C[C@@H]1Cc2c([nH]c3ccccc23)[C@@H](c2c(F)cc(OCCCOCC(=O)O)cc2F)N1CC(C)(C)F. The Kier molecular flexibility index (Phi) is 7.61. The van der Waals surface area contributed by atoms with Gasteiger partial charge in [-0.15, -0.1) is 0 Å². The lowest BCUT2D eigenvalue weighted by Crippen LogP contribution is -2.48. The fraction of sp³-hybridized carbons (Fsp3) is 0.444. The van der Waals surface area contributed by atoms with Gasteiger partial charge in [0.15, 0.2) is 0 Å². The molecule has 36 heavy (non-hydrogen) atoms. The van der Waals surface area contributed by atoms with Crippen molar-refractivity contribution in [1.82, 2.24) is 9.88 Å². The number of halogens is 3. The van der Waals surface area contributed by atoms with E-state index in [4.69, 9.17) is 14.6 Å². The van der Waals surface area contributed by atoms with E-state index in [2.05, 4.69) is 4.98 Å². The number of hydrogen-bond donors (Lipinski definition) is 2. The van der Waals surface area contributed by atoms with Gasteiger partial charge in [-0.1, -0.05) is 18.2 Å². The highest BCUT2D eigenvalue weighted by molar-refractivity contribution is 5.85. The van der Waals surface area contributed by atoms with Crippen molar-refractivity contribution in [2.45, 2.75) is 51.4 Å². The number of aliphatic carboxylic acids is 1. The van der Waals surface area contributed by atoms with Crippen LogP contribution in [0.4, 0.5) is 13.2 Å². The maximum atomic E-state index is 15.6. The van der Waals surface area contributed by atoms with Crippen LogP contribution < -0.4 is 4.74 Å². The number of carboxylic acid groups (broad SMARTS) is 1. The summed E-state index contributed by atoms with van der Waals surface area (Å²) in [6.45, 7) is 4.70. The lowest BCUT2D eigenvalue weighted by molar-refractivity contribution is -0.142. The molecule has 1 aliphatic rings. The van der Waals surface area contributed by atoms with Crippen LogP contribution in [-0.4, -0.2) is 59.0 Å². The highest BCUT2D eigenvalue weighted by Gasteiger charge is 2.41. The van der Waals surface area contributed by atoms with Crippen molar-refractivity contribution in [3.8, 4) is 5.75 Å². The molecule has 0 saturated heterocycles. The molecular formula is C27H31F3N2O4. The molecule has 1 aliphatic heterocycles. The largest absolute Gasteiger partial charge is 0.493 e. The van der Waals surface area contributed by atoms with Crippen LogP contribution in [0.25, 0.3) is 10.9 Å². The van der Waals surface area contributed by atoms with Crippen molar-refractivity contribution in [3.05, 3.63) is 64.9 Å².